The highest BCUT2D eigenvalue weighted by Gasteiger charge is 2.15. The number of hydrogen-bond acceptors (Lipinski definition) is 3. The van der Waals surface area contributed by atoms with Gasteiger partial charge in [-0.05, 0) is 23.6 Å². The molecule has 0 aliphatic heterocycles. The van der Waals surface area contributed by atoms with Gasteiger partial charge in [-0.15, -0.1) is 11.3 Å². The number of H-pyrrole nitrogens is 1. The van der Waals surface area contributed by atoms with E-state index in [1.165, 1.54) is 11.3 Å². The molecule has 2 amide bonds. The van der Waals surface area contributed by atoms with Crippen molar-refractivity contribution in [3.8, 4) is 0 Å². The number of fused-ring (bicyclic) bond motifs is 1. The summed E-state index contributed by atoms with van der Waals surface area (Å²) in [5.74, 6) is -0.831. The Morgan fingerprint density at radius 2 is 2.00 bits per heavy atom. The number of primary amides is 1. The van der Waals surface area contributed by atoms with Gasteiger partial charge in [0.1, 0.15) is 5.00 Å². The van der Waals surface area contributed by atoms with E-state index < -0.39 is 5.91 Å². The number of rotatable bonds is 3. The Hall–Kier alpha value is -2.60. The molecule has 5 nitrogen and oxygen atoms in total. The lowest BCUT2D eigenvalue weighted by atomic mass is 10.1. The van der Waals surface area contributed by atoms with Crippen LogP contribution in [0.15, 0.2) is 41.9 Å². The number of aromatic amines is 1. The second-order valence-corrected chi connectivity index (χ2v) is 5.15. The van der Waals surface area contributed by atoms with Gasteiger partial charge in [-0.3, -0.25) is 9.59 Å². The average Bonchev–Trinajstić information content (AvgIpc) is 3.05. The zero-order valence-corrected chi connectivity index (χ0v) is 11.2. The van der Waals surface area contributed by atoms with Crippen molar-refractivity contribution in [1.82, 2.24) is 4.98 Å². The normalized spacial score (nSPS) is 10.6. The topological polar surface area (TPSA) is 88.0 Å². The Morgan fingerprint density at radius 3 is 2.80 bits per heavy atom. The fraction of sp³-hybridized carbons (Fsp3) is 0. The second-order valence-electron chi connectivity index (χ2n) is 4.23. The van der Waals surface area contributed by atoms with Crippen LogP contribution >= 0.6 is 11.3 Å². The van der Waals surface area contributed by atoms with Crippen LogP contribution in [0.4, 0.5) is 5.00 Å². The molecule has 0 aliphatic carbocycles. The number of amides is 2. The Morgan fingerprint density at radius 1 is 1.15 bits per heavy atom. The van der Waals surface area contributed by atoms with Gasteiger partial charge in [0.05, 0.1) is 16.6 Å². The Labute approximate surface area is 118 Å². The van der Waals surface area contributed by atoms with E-state index in [0.717, 1.165) is 10.9 Å². The molecule has 0 aliphatic rings. The molecule has 2 heterocycles. The maximum absolute atomic E-state index is 12.3. The summed E-state index contributed by atoms with van der Waals surface area (Å²) < 4.78 is 0. The van der Waals surface area contributed by atoms with E-state index in [0.29, 0.717) is 16.1 Å². The van der Waals surface area contributed by atoms with E-state index >= 15 is 0 Å². The number of para-hydroxylation sites is 1. The molecule has 0 atom stereocenters. The van der Waals surface area contributed by atoms with E-state index in [2.05, 4.69) is 10.3 Å². The van der Waals surface area contributed by atoms with Crippen molar-refractivity contribution in [3.05, 3.63) is 53.0 Å². The first-order valence-corrected chi connectivity index (χ1v) is 6.79. The molecule has 20 heavy (non-hydrogen) atoms. The maximum Gasteiger partial charge on any atom is 0.258 e. The van der Waals surface area contributed by atoms with Gasteiger partial charge in [-0.2, -0.15) is 0 Å². The first kappa shape index (κ1) is 12.4. The minimum absolute atomic E-state index is 0.275. The minimum atomic E-state index is -0.556. The summed E-state index contributed by atoms with van der Waals surface area (Å²) >= 11 is 1.27. The number of carbonyl (C=O) groups is 2. The average molecular weight is 285 g/mol. The number of nitrogens with one attached hydrogen (secondary N) is 2. The number of benzene rings is 1. The molecule has 6 heteroatoms. The molecule has 0 bridgehead atoms. The lowest BCUT2D eigenvalue weighted by Gasteiger charge is -2.05. The first-order valence-electron chi connectivity index (χ1n) is 5.91. The highest BCUT2D eigenvalue weighted by Crippen LogP contribution is 2.24. The largest absolute Gasteiger partial charge is 0.366 e. The molecular formula is C14H11N3O2S. The summed E-state index contributed by atoms with van der Waals surface area (Å²) in [6, 6.07) is 8.95. The number of thiophene rings is 1. The smallest absolute Gasteiger partial charge is 0.258 e. The van der Waals surface area contributed by atoms with Crippen LogP contribution in [0.5, 0.6) is 0 Å². The van der Waals surface area contributed by atoms with E-state index in [-0.39, 0.29) is 5.91 Å². The molecular weight excluding hydrogens is 274 g/mol. The molecule has 4 N–H and O–H groups in total. The quantitative estimate of drug-likeness (QED) is 0.690. The zero-order valence-electron chi connectivity index (χ0n) is 10.3. The summed E-state index contributed by atoms with van der Waals surface area (Å²) in [7, 11) is 0. The van der Waals surface area contributed by atoms with E-state index in [1.807, 2.05) is 18.2 Å². The van der Waals surface area contributed by atoms with Crippen LogP contribution in [0.3, 0.4) is 0 Å². The van der Waals surface area contributed by atoms with Gasteiger partial charge in [0.25, 0.3) is 11.8 Å². The van der Waals surface area contributed by atoms with E-state index in [9.17, 15) is 9.59 Å². The predicted octanol–water partition coefficient (Wildman–Crippen LogP) is 2.58. The minimum Gasteiger partial charge on any atom is -0.366 e. The zero-order chi connectivity index (χ0) is 14.1. The van der Waals surface area contributed by atoms with Gasteiger partial charge in [-0.25, -0.2) is 0 Å². The molecule has 0 fully saturated rings. The molecule has 0 spiro atoms. The number of hydrogen-bond donors (Lipinski definition) is 3. The van der Waals surface area contributed by atoms with Gasteiger partial charge < -0.3 is 16.0 Å². The van der Waals surface area contributed by atoms with Crippen molar-refractivity contribution >= 4 is 39.1 Å². The summed E-state index contributed by atoms with van der Waals surface area (Å²) in [6.07, 6.45) is 1.78. The molecule has 3 rings (SSSR count). The molecule has 100 valence electrons. The Balaban J connectivity index is 1.95. The highest BCUT2D eigenvalue weighted by molar-refractivity contribution is 7.14. The lowest BCUT2D eigenvalue weighted by Crippen LogP contribution is -2.16. The monoisotopic (exact) mass is 285 g/mol. The Kier molecular flexibility index (Phi) is 3.00. The van der Waals surface area contributed by atoms with Crippen LogP contribution in [0.1, 0.15) is 20.7 Å². The number of anilines is 1. The van der Waals surface area contributed by atoms with Crippen molar-refractivity contribution in [2.75, 3.05) is 5.32 Å². The van der Waals surface area contributed by atoms with Crippen molar-refractivity contribution in [2.24, 2.45) is 5.73 Å². The van der Waals surface area contributed by atoms with Gasteiger partial charge in [0.15, 0.2) is 0 Å². The SMILES string of the molecule is NC(=O)c1ccsc1NC(=O)c1cccc2cc[nH]c12. The van der Waals surface area contributed by atoms with Gasteiger partial charge >= 0.3 is 0 Å². The molecule has 3 aromatic rings. The number of carbonyl (C=O) groups excluding carboxylic acids is 2. The molecule has 0 unspecified atom stereocenters. The van der Waals surface area contributed by atoms with Crippen LogP contribution in [-0.4, -0.2) is 16.8 Å². The second kappa shape index (κ2) is 4.82. The van der Waals surface area contributed by atoms with Crippen LogP contribution in [0, 0.1) is 0 Å². The predicted molar refractivity (Wildman–Crippen MR) is 79.1 cm³/mol. The number of nitrogens with two attached hydrogens (primary N) is 1. The molecule has 2 aromatic heterocycles. The third-order valence-corrected chi connectivity index (χ3v) is 3.82. The summed E-state index contributed by atoms with van der Waals surface area (Å²) in [5.41, 5.74) is 6.87. The van der Waals surface area contributed by atoms with Crippen LogP contribution in [0.25, 0.3) is 10.9 Å². The summed E-state index contributed by atoms with van der Waals surface area (Å²) in [6.45, 7) is 0. The fourth-order valence-corrected chi connectivity index (χ4v) is 2.83. The molecule has 0 radical (unpaired) electrons. The Bertz CT molecular complexity index is 803. The molecule has 0 saturated heterocycles. The van der Waals surface area contributed by atoms with Crippen LogP contribution in [-0.2, 0) is 0 Å². The van der Waals surface area contributed by atoms with Crippen molar-refractivity contribution in [3.63, 3.8) is 0 Å². The van der Waals surface area contributed by atoms with E-state index in [1.54, 1.807) is 23.7 Å². The molecule has 1 aromatic carbocycles. The lowest BCUT2D eigenvalue weighted by molar-refractivity contribution is 0.100. The van der Waals surface area contributed by atoms with Crippen molar-refractivity contribution in [2.45, 2.75) is 0 Å². The third-order valence-electron chi connectivity index (χ3n) is 2.99. The van der Waals surface area contributed by atoms with Gasteiger partial charge in [0.2, 0.25) is 0 Å². The highest BCUT2D eigenvalue weighted by atomic mass is 32.1. The summed E-state index contributed by atoms with van der Waals surface area (Å²) in [5, 5.41) is 5.86. The third kappa shape index (κ3) is 2.06. The van der Waals surface area contributed by atoms with Crippen molar-refractivity contribution < 1.29 is 9.59 Å². The van der Waals surface area contributed by atoms with E-state index in [4.69, 9.17) is 5.73 Å². The van der Waals surface area contributed by atoms with Crippen LogP contribution < -0.4 is 11.1 Å². The van der Waals surface area contributed by atoms with Crippen molar-refractivity contribution in [1.29, 1.82) is 0 Å². The standard InChI is InChI=1S/C14H11N3O2S/c15-12(18)10-5-7-20-14(10)17-13(19)9-3-1-2-8-4-6-16-11(8)9/h1-7,16H,(H2,15,18)(H,17,19). The van der Waals surface area contributed by atoms with Gasteiger partial charge in [-0.1, -0.05) is 12.1 Å². The number of aromatic nitrogens is 1. The van der Waals surface area contributed by atoms with Gasteiger partial charge in [0, 0.05) is 11.6 Å². The maximum atomic E-state index is 12.3. The summed E-state index contributed by atoms with van der Waals surface area (Å²) in [4.78, 5) is 26.6. The fourth-order valence-electron chi connectivity index (χ4n) is 2.04. The first-order chi connectivity index (χ1) is 9.66. The van der Waals surface area contributed by atoms with Crippen LogP contribution in [0.2, 0.25) is 0 Å². The molecule has 0 saturated carbocycles.